The number of nitrogens with zero attached hydrogens (tertiary/aromatic N) is 3. The van der Waals surface area contributed by atoms with Crippen LogP contribution in [-0.4, -0.2) is 46.9 Å². The summed E-state index contributed by atoms with van der Waals surface area (Å²) in [5.74, 6) is 0.345. The number of carbonyl (C=O) groups is 1. The number of oxazole rings is 1. The van der Waals surface area contributed by atoms with Gasteiger partial charge in [-0.05, 0) is 17.2 Å². The van der Waals surface area contributed by atoms with Crippen LogP contribution in [-0.2, 0) is 19.6 Å². The fraction of sp³-hybridized carbons (Fsp3) is 0.304. The van der Waals surface area contributed by atoms with Gasteiger partial charge < -0.3 is 9.73 Å². The van der Waals surface area contributed by atoms with Crippen LogP contribution in [0.2, 0.25) is 5.02 Å². The van der Waals surface area contributed by atoms with Crippen LogP contribution in [0.5, 0.6) is 0 Å². The van der Waals surface area contributed by atoms with E-state index in [4.69, 9.17) is 16.0 Å². The highest BCUT2D eigenvalue weighted by atomic mass is 35.5. The first-order valence-electron chi connectivity index (χ1n) is 10.1. The van der Waals surface area contributed by atoms with Crippen molar-refractivity contribution < 1.29 is 9.21 Å². The Labute approximate surface area is 181 Å². The number of nitrogens with one attached hydrogen (secondary N) is 1. The Morgan fingerprint density at radius 3 is 2.37 bits per heavy atom. The van der Waals surface area contributed by atoms with E-state index < -0.39 is 0 Å². The van der Waals surface area contributed by atoms with Gasteiger partial charge in [0.2, 0.25) is 5.89 Å². The molecule has 0 radical (unpaired) electrons. The maximum Gasteiger partial charge on any atom is 0.273 e. The van der Waals surface area contributed by atoms with E-state index in [-0.39, 0.29) is 5.91 Å². The molecule has 0 atom stereocenters. The minimum Gasteiger partial charge on any atom is -0.447 e. The molecular formula is C23H25ClN4O2. The molecule has 1 aliphatic rings. The lowest BCUT2D eigenvalue weighted by molar-refractivity contribution is 0.0945. The van der Waals surface area contributed by atoms with E-state index in [0.717, 1.165) is 48.9 Å². The highest BCUT2D eigenvalue weighted by molar-refractivity contribution is 6.31. The van der Waals surface area contributed by atoms with Gasteiger partial charge in [-0.25, -0.2) is 4.98 Å². The van der Waals surface area contributed by atoms with Crippen LogP contribution in [0, 0.1) is 0 Å². The molecule has 1 saturated heterocycles. The molecule has 6 nitrogen and oxygen atoms in total. The fourth-order valence-corrected chi connectivity index (χ4v) is 3.72. The number of rotatable bonds is 7. The second kappa shape index (κ2) is 9.89. The Kier molecular flexibility index (Phi) is 6.79. The van der Waals surface area contributed by atoms with Crippen molar-refractivity contribution in [3.8, 4) is 0 Å². The lowest BCUT2D eigenvalue weighted by Gasteiger charge is -2.34. The van der Waals surface area contributed by atoms with E-state index in [2.05, 4.69) is 26.2 Å². The molecule has 3 aromatic rings. The van der Waals surface area contributed by atoms with Crippen molar-refractivity contribution in [3.63, 3.8) is 0 Å². The van der Waals surface area contributed by atoms with E-state index in [0.29, 0.717) is 24.7 Å². The average molecular weight is 425 g/mol. The van der Waals surface area contributed by atoms with Crippen LogP contribution < -0.4 is 5.32 Å². The van der Waals surface area contributed by atoms with Gasteiger partial charge in [0.25, 0.3) is 5.91 Å². The smallest absolute Gasteiger partial charge is 0.273 e. The third-order valence-electron chi connectivity index (χ3n) is 5.26. The summed E-state index contributed by atoms with van der Waals surface area (Å²) in [6, 6.07) is 17.8. The Morgan fingerprint density at radius 1 is 0.967 bits per heavy atom. The molecule has 4 rings (SSSR count). The molecule has 7 heteroatoms. The molecule has 2 heterocycles. The molecule has 0 spiro atoms. The first-order valence-corrected chi connectivity index (χ1v) is 10.5. The lowest BCUT2D eigenvalue weighted by atomic mass is 10.2. The van der Waals surface area contributed by atoms with E-state index in [9.17, 15) is 4.79 Å². The Bertz CT molecular complexity index is 968. The van der Waals surface area contributed by atoms with Crippen molar-refractivity contribution in [1.82, 2.24) is 20.1 Å². The standard InChI is InChI=1S/C23H25ClN4O2/c24-20-9-5-4-8-19(20)15-27-10-12-28(13-11-27)16-22-26-21(17-30-22)23(29)25-14-18-6-2-1-3-7-18/h1-9,17H,10-16H2,(H,25,29). The van der Waals surface area contributed by atoms with E-state index in [1.54, 1.807) is 0 Å². The van der Waals surface area contributed by atoms with E-state index >= 15 is 0 Å². The van der Waals surface area contributed by atoms with Gasteiger partial charge in [0.05, 0.1) is 6.54 Å². The monoisotopic (exact) mass is 424 g/mol. The van der Waals surface area contributed by atoms with Crippen molar-refractivity contribution in [2.75, 3.05) is 26.2 Å². The Balaban J connectivity index is 1.23. The summed E-state index contributed by atoms with van der Waals surface area (Å²) in [4.78, 5) is 21.4. The molecule has 0 aliphatic carbocycles. The topological polar surface area (TPSA) is 61.6 Å². The molecule has 1 fully saturated rings. The van der Waals surface area contributed by atoms with Crippen LogP contribution in [0.1, 0.15) is 27.5 Å². The van der Waals surface area contributed by atoms with Crippen LogP contribution >= 0.6 is 11.6 Å². The second-order valence-corrected chi connectivity index (χ2v) is 7.85. The zero-order valence-electron chi connectivity index (χ0n) is 16.8. The minimum atomic E-state index is -0.224. The number of hydrogen-bond donors (Lipinski definition) is 1. The van der Waals surface area contributed by atoms with Gasteiger partial charge in [0.1, 0.15) is 6.26 Å². The number of amides is 1. The number of hydrogen-bond acceptors (Lipinski definition) is 5. The summed E-state index contributed by atoms with van der Waals surface area (Å²) in [5, 5.41) is 3.69. The van der Waals surface area contributed by atoms with Crippen molar-refractivity contribution >= 4 is 17.5 Å². The van der Waals surface area contributed by atoms with Crippen molar-refractivity contribution in [2.45, 2.75) is 19.6 Å². The lowest BCUT2D eigenvalue weighted by Crippen LogP contribution is -2.45. The maximum absolute atomic E-state index is 12.3. The summed E-state index contributed by atoms with van der Waals surface area (Å²) in [6.45, 7) is 5.68. The highest BCUT2D eigenvalue weighted by Gasteiger charge is 2.20. The largest absolute Gasteiger partial charge is 0.447 e. The molecule has 1 aliphatic heterocycles. The molecule has 0 unspecified atom stereocenters. The van der Waals surface area contributed by atoms with Crippen molar-refractivity contribution in [2.24, 2.45) is 0 Å². The molecular weight excluding hydrogens is 400 g/mol. The summed E-state index contributed by atoms with van der Waals surface area (Å²) < 4.78 is 5.53. The van der Waals surface area contributed by atoms with Gasteiger partial charge in [-0.1, -0.05) is 60.1 Å². The van der Waals surface area contributed by atoms with E-state index in [1.165, 1.54) is 6.26 Å². The third-order valence-corrected chi connectivity index (χ3v) is 5.62. The third kappa shape index (κ3) is 5.48. The van der Waals surface area contributed by atoms with Gasteiger partial charge in [-0.3, -0.25) is 14.6 Å². The molecule has 30 heavy (non-hydrogen) atoms. The maximum atomic E-state index is 12.3. The van der Waals surface area contributed by atoms with Gasteiger partial charge >= 0.3 is 0 Å². The fourth-order valence-electron chi connectivity index (χ4n) is 3.52. The summed E-state index contributed by atoms with van der Waals surface area (Å²) in [7, 11) is 0. The first-order chi connectivity index (χ1) is 14.7. The SMILES string of the molecule is O=C(NCc1ccccc1)c1coc(CN2CCN(Cc3ccccc3Cl)CC2)n1. The number of benzene rings is 2. The van der Waals surface area contributed by atoms with Crippen LogP contribution in [0.15, 0.2) is 65.3 Å². The van der Waals surface area contributed by atoms with Crippen molar-refractivity contribution in [1.29, 1.82) is 0 Å². The number of piperazine rings is 1. The molecule has 2 aromatic carbocycles. The molecule has 0 bridgehead atoms. The minimum absolute atomic E-state index is 0.224. The predicted molar refractivity (Wildman–Crippen MR) is 116 cm³/mol. The second-order valence-electron chi connectivity index (χ2n) is 7.44. The van der Waals surface area contributed by atoms with Gasteiger partial charge in [-0.2, -0.15) is 0 Å². The molecule has 1 amide bonds. The number of carbonyl (C=O) groups excluding carboxylic acids is 1. The summed E-state index contributed by atoms with van der Waals surface area (Å²) in [5.41, 5.74) is 2.52. The summed E-state index contributed by atoms with van der Waals surface area (Å²) >= 11 is 6.27. The van der Waals surface area contributed by atoms with Crippen LogP contribution in [0.25, 0.3) is 0 Å². The Morgan fingerprint density at radius 2 is 1.63 bits per heavy atom. The highest BCUT2D eigenvalue weighted by Crippen LogP contribution is 2.18. The Hall–Kier alpha value is -2.67. The average Bonchev–Trinajstić information content (AvgIpc) is 3.24. The van der Waals surface area contributed by atoms with Gasteiger partial charge in [0.15, 0.2) is 5.69 Å². The normalized spacial score (nSPS) is 15.2. The zero-order valence-corrected chi connectivity index (χ0v) is 17.5. The van der Waals surface area contributed by atoms with E-state index in [1.807, 2.05) is 48.5 Å². The molecule has 0 saturated carbocycles. The molecule has 1 N–H and O–H groups in total. The molecule has 1 aromatic heterocycles. The van der Waals surface area contributed by atoms with Crippen molar-refractivity contribution in [3.05, 3.63) is 88.6 Å². The van der Waals surface area contributed by atoms with Crippen LogP contribution in [0.3, 0.4) is 0 Å². The van der Waals surface area contributed by atoms with Crippen LogP contribution in [0.4, 0.5) is 0 Å². The first kappa shape index (κ1) is 20.6. The molecule has 156 valence electrons. The number of halogens is 1. The van der Waals surface area contributed by atoms with Gasteiger partial charge in [0, 0.05) is 44.3 Å². The number of aromatic nitrogens is 1. The van der Waals surface area contributed by atoms with Gasteiger partial charge in [-0.15, -0.1) is 0 Å². The zero-order chi connectivity index (χ0) is 20.8. The summed E-state index contributed by atoms with van der Waals surface area (Å²) in [6.07, 6.45) is 1.43. The predicted octanol–water partition coefficient (Wildman–Crippen LogP) is 3.58. The quantitative estimate of drug-likeness (QED) is 0.628.